The number of hydrogen-bond acceptors (Lipinski definition) is 5. The second kappa shape index (κ2) is 6.00. The number of benzene rings is 1. The van der Waals surface area contributed by atoms with E-state index in [9.17, 15) is 13.2 Å². The molecule has 0 aliphatic carbocycles. The Bertz CT molecular complexity index is 675. The predicted octanol–water partition coefficient (Wildman–Crippen LogP) is 3.44. The lowest BCUT2D eigenvalue weighted by Gasteiger charge is -2.15. The Morgan fingerprint density at radius 2 is 1.82 bits per heavy atom. The van der Waals surface area contributed by atoms with Crippen LogP contribution in [0.3, 0.4) is 0 Å². The van der Waals surface area contributed by atoms with E-state index in [0.29, 0.717) is 23.4 Å². The van der Waals surface area contributed by atoms with Crippen molar-refractivity contribution in [3.8, 4) is 11.5 Å². The number of nitrogens with two attached hydrogens (primary N) is 1. The molecule has 0 saturated carbocycles. The summed E-state index contributed by atoms with van der Waals surface area (Å²) in [7, 11) is 2.92. The van der Waals surface area contributed by atoms with Crippen LogP contribution in [-0.4, -0.2) is 19.2 Å². The molecule has 0 aliphatic rings. The fraction of sp³-hybridized carbons (Fsp3) is 0.214. The van der Waals surface area contributed by atoms with E-state index in [2.05, 4.69) is 10.3 Å². The van der Waals surface area contributed by atoms with Crippen LogP contribution in [0.2, 0.25) is 0 Å². The molecule has 1 heterocycles. The lowest BCUT2D eigenvalue weighted by Crippen LogP contribution is -2.08. The third kappa shape index (κ3) is 3.33. The van der Waals surface area contributed by atoms with Gasteiger partial charge in [0.2, 0.25) is 0 Å². The summed E-state index contributed by atoms with van der Waals surface area (Å²) in [6, 6.07) is 5.76. The predicted molar refractivity (Wildman–Crippen MR) is 76.5 cm³/mol. The average molecular weight is 313 g/mol. The van der Waals surface area contributed by atoms with Crippen LogP contribution in [0.1, 0.15) is 5.56 Å². The molecule has 0 unspecified atom stereocenters. The summed E-state index contributed by atoms with van der Waals surface area (Å²) < 4.78 is 48.5. The van der Waals surface area contributed by atoms with Crippen LogP contribution in [0, 0.1) is 0 Å². The van der Waals surface area contributed by atoms with Gasteiger partial charge in [-0.3, -0.25) is 0 Å². The fourth-order valence-corrected chi connectivity index (χ4v) is 1.79. The van der Waals surface area contributed by atoms with Gasteiger partial charge in [-0.2, -0.15) is 13.2 Å². The van der Waals surface area contributed by atoms with Crippen molar-refractivity contribution in [3.05, 3.63) is 36.0 Å². The molecule has 1 aromatic heterocycles. The number of pyridine rings is 1. The number of ether oxygens (including phenoxy) is 2. The Hall–Kier alpha value is -2.64. The van der Waals surface area contributed by atoms with Gasteiger partial charge < -0.3 is 20.5 Å². The maximum absolute atomic E-state index is 12.7. The molecule has 2 rings (SSSR count). The first-order valence-electron chi connectivity index (χ1n) is 6.17. The molecular formula is C14H14F3N3O2. The number of alkyl halides is 3. The van der Waals surface area contributed by atoms with E-state index in [1.807, 2.05) is 0 Å². The number of nitrogen functional groups attached to an aromatic ring is 1. The van der Waals surface area contributed by atoms with Gasteiger partial charge in [-0.15, -0.1) is 0 Å². The highest BCUT2D eigenvalue weighted by Gasteiger charge is 2.31. The third-order valence-corrected chi connectivity index (χ3v) is 2.92. The van der Waals surface area contributed by atoms with Crippen molar-refractivity contribution in [3.63, 3.8) is 0 Å². The van der Waals surface area contributed by atoms with Gasteiger partial charge in [0, 0.05) is 12.3 Å². The van der Waals surface area contributed by atoms with Crippen LogP contribution in [0.25, 0.3) is 0 Å². The van der Waals surface area contributed by atoms with Gasteiger partial charge in [-0.05, 0) is 18.2 Å². The average Bonchev–Trinajstić information content (AvgIpc) is 2.48. The van der Waals surface area contributed by atoms with Crippen molar-refractivity contribution in [2.24, 2.45) is 0 Å². The molecular weight excluding hydrogens is 299 g/mol. The Morgan fingerprint density at radius 1 is 1.09 bits per heavy atom. The number of halogens is 3. The number of aromatic nitrogens is 1. The van der Waals surface area contributed by atoms with Crippen LogP contribution >= 0.6 is 0 Å². The molecule has 0 saturated heterocycles. The Kier molecular flexibility index (Phi) is 4.30. The van der Waals surface area contributed by atoms with Gasteiger partial charge in [-0.25, -0.2) is 4.98 Å². The zero-order valence-corrected chi connectivity index (χ0v) is 11.9. The molecule has 0 bridgehead atoms. The highest BCUT2D eigenvalue weighted by Crippen LogP contribution is 2.36. The minimum Gasteiger partial charge on any atom is -0.497 e. The smallest absolute Gasteiger partial charge is 0.417 e. The molecule has 5 nitrogen and oxygen atoms in total. The van der Waals surface area contributed by atoms with Gasteiger partial charge in [0.05, 0.1) is 31.2 Å². The van der Waals surface area contributed by atoms with Gasteiger partial charge in [0.1, 0.15) is 17.3 Å². The highest BCUT2D eigenvalue weighted by atomic mass is 19.4. The summed E-state index contributed by atoms with van der Waals surface area (Å²) in [4.78, 5) is 3.56. The van der Waals surface area contributed by atoms with Crippen molar-refractivity contribution < 1.29 is 22.6 Å². The van der Waals surface area contributed by atoms with E-state index in [-0.39, 0.29) is 11.5 Å². The summed E-state index contributed by atoms with van der Waals surface area (Å²) in [6.45, 7) is 0. The van der Waals surface area contributed by atoms with Crippen molar-refractivity contribution in [1.82, 2.24) is 4.98 Å². The Morgan fingerprint density at radius 3 is 2.41 bits per heavy atom. The lowest BCUT2D eigenvalue weighted by molar-refractivity contribution is -0.137. The summed E-state index contributed by atoms with van der Waals surface area (Å²) in [5.74, 6) is 0.886. The molecule has 0 atom stereocenters. The van der Waals surface area contributed by atoms with Crippen LogP contribution < -0.4 is 20.5 Å². The summed E-state index contributed by atoms with van der Waals surface area (Å²) in [5, 5.41) is 2.79. The minimum atomic E-state index is -4.50. The van der Waals surface area contributed by atoms with Crippen LogP contribution in [0.5, 0.6) is 11.5 Å². The topological polar surface area (TPSA) is 69.4 Å². The second-order valence-corrected chi connectivity index (χ2v) is 4.35. The van der Waals surface area contributed by atoms with Crippen LogP contribution in [0.15, 0.2) is 30.5 Å². The molecule has 0 fully saturated rings. The first-order valence-corrected chi connectivity index (χ1v) is 6.17. The molecule has 3 N–H and O–H groups in total. The van der Waals surface area contributed by atoms with Crippen LogP contribution in [-0.2, 0) is 6.18 Å². The maximum Gasteiger partial charge on any atom is 0.417 e. The van der Waals surface area contributed by atoms with E-state index in [1.165, 1.54) is 14.2 Å². The molecule has 0 aliphatic heterocycles. The largest absolute Gasteiger partial charge is 0.497 e. The summed E-state index contributed by atoms with van der Waals surface area (Å²) >= 11 is 0. The molecule has 1 aromatic carbocycles. The van der Waals surface area contributed by atoms with Gasteiger partial charge in [0.25, 0.3) is 0 Å². The minimum absolute atomic E-state index is 0.0291. The summed E-state index contributed by atoms with van der Waals surface area (Å²) in [5.41, 5.74) is 5.17. The number of nitrogens with zero attached hydrogens (tertiary/aromatic N) is 1. The SMILES string of the molecule is COc1ccc(OC)c(Nc2cc(C(F)(F)F)cnc2N)c1. The van der Waals surface area contributed by atoms with E-state index >= 15 is 0 Å². The molecule has 0 amide bonds. The van der Waals surface area contributed by atoms with E-state index in [0.717, 1.165) is 6.07 Å². The zero-order valence-electron chi connectivity index (χ0n) is 11.9. The standard InChI is InChI=1S/C14H14F3N3O2/c1-21-9-3-4-12(22-2)10(6-9)20-11-5-8(14(15,16)17)7-19-13(11)18/h3-7,20H,1-2H3,(H2,18,19). The summed E-state index contributed by atoms with van der Waals surface area (Å²) in [6.07, 6.45) is -3.82. The molecule has 0 spiro atoms. The number of methoxy groups -OCH3 is 2. The van der Waals surface area contributed by atoms with Crippen molar-refractivity contribution in [2.75, 3.05) is 25.3 Å². The van der Waals surface area contributed by atoms with Gasteiger partial charge >= 0.3 is 6.18 Å². The zero-order chi connectivity index (χ0) is 16.3. The molecule has 0 radical (unpaired) electrons. The Labute approximate surface area is 124 Å². The van der Waals surface area contributed by atoms with Gasteiger partial charge in [-0.1, -0.05) is 0 Å². The molecule has 8 heteroatoms. The van der Waals surface area contributed by atoms with E-state index in [1.54, 1.807) is 18.2 Å². The fourth-order valence-electron chi connectivity index (χ4n) is 1.79. The second-order valence-electron chi connectivity index (χ2n) is 4.35. The number of nitrogens with one attached hydrogen (secondary N) is 1. The number of anilines is 3. The molecule has 22 heavy (non-hydrogen) atoms. The quantitative estimate of drug-likeness (QED) is 0.905. The normalized spacial score (nSPS) is 11.1. The molecule has 118 valence electrons. The Balaban J connectivity index is 2.42. The maximum atomic E-state index is 12.7. The highest BCUT2D eigenvalue weighted by molar-refractivity contribution is 5.74. The third-order valence-electron chi connectivity index (χ3n) is 2.92. The van der Waals surface area contributed by atoms with Gasteiger partial charge in [0.15, 0.2) is 0 Å². The van der Waals surface area contributed by atoms with Crippen molar-refractivity contribution in [1.29, 1.82) is 0 Å². The number of hydrogen-bond donors (Lipinski definition) is 2. The van der Waals surface area contributed by atoms with Crippen LogP contribution in [0.4, 0.5) is 30.4 Å². The molecule has 2 aromatic rings. The van der Waals surface area contributed by atoms with Crippen molar-refractivity contribution in [2.45, 2.75) is 6.18 Å². The van der Waals surface area contributed by atoms with E-state index in [4.69, 9.17) is 15.2 Å². The van der Waals surface area contributed by atoms with E-state index < -0.39 is 11.7 Å². The monoisotopic (exact) mass is 313 g/mol. The lowest BCUT2D eigenvalue weighted by atomic mass is 10.2. The first kappa shape index (κ1) is 15.7. The first-order chi connectivity index (χ1) is 10.3. The van der Waals surface area contributed by atoms with Crippen molar-refractivity contribution >= 4 is 17.2 Å². The number of rotatable bonds is 4.